The topological polar surface area (TPSA) is 64.4 Å². The van der Waals surface area contributed by atoms with E-state index in [-0.39, 0.29) is 6.61 Å². The van der Waals surface area contributed by atoms with Crippen LogP contribution in [0.25, 0.3) is 0 Å². The molecule has 1 N–H and O–H groups in total. The number of aryl methyl sites for hydroxylation is 2. The van der Waals surface area contributed by atoms with Gasteiger partial charge in [-0.1, -0.05) is 29.8 Å². The molecular weight excluding hydrogens is 360 g/mol. The van der Waals surface area contributed by atoms with Gasteiger partial charge in [-0.3, -0.25) is 0 Å². The monoisotopic (exact) mass is 382 g/mol. The van der Waals surface area contributed by atoms with Gasteiger partial charge >= 0.3 is 0 Å². The lowest BCUT2D eigenvalue weighted by Gasteiger charge is -2.09. The summed E-state index contributed by atoms with van der Waals surface area (Å²) in [5, 5.41) is 11.5. The van der Waals surface area contributed by atoms with Crippen LogP contribution in [0.1, 0.15) is 29.4 Å². The van der Waals surface area contributed by atoms with Gasteiger partial charge in [-0.15, -0.1) is 0 Å². The largest absolute Gasteiger partial charge is 0.493 e. The van der Waals surface area contributed by atoms with E-state index in [1.165, 1.54) is 5.56 Å². The van der Waals surface area contributed by atoms with Crippen molar-refractivity contribution in [1.82, 2.24) is 14.9 Å². The zero-order valence-electron chi connectivity index (χ0n) is 15.6. The molecule has 2 aromatic carbocycles. The van der Waals surface area contributed by atoms with E-state index in [2.05, 4.69) is 28.3 Å². The van der Waals surface area contributed by atoms with Gasteiger partial charge in [0.05, 0.1) is 12.8 Å². The molecule has 0 aliphatic rings. The highest BCUT2D eigenvalue weighted by atomic mass is 32.1. The van der Waals surface area contributed by atoms with Crippen molar-refractivity contribution in [2.24, 2.45) is 5.10 Å². The first-order valence-electron chi connectivity index (χ1n) is 8.71. The third-order valence-corrected chi connectivity index (χ3v) is 4.20. The van der Waals surface area contributed by atoms with Crippen LogP contribution in [0.2, 0.25) is 0 Å². The van der Waals surface area contributed by atoms with Crippen LogP contribution in [0.4, 0.5) is 0 Å². The van der Waals surface area contributed by atoms with Crippen LogP contribution in [0, 0.1) is 18.6 Å². The predicted molar refractivity (Wildman–Crippen MR) is 108 cm³/mol. The molecule has 0 aliphatic heterocycles. The van der Waals surface area contributed by atoms with Gasteiger partial charge in [-0.25, -0.2) is 5.10 Å². The SMILES string of the molecule is CCOc1ccccc1/C=N\n1c(COc2ccc(C)cc2C)n[nH]c1=S. The van der Waals surface area contributed by atoms with Crippen LogP contribution in [-0.4, -0.2) is 27.7 Å². The van der Waals surface area contributed by atoms with Gasteiger partial charge in [0.2, 0.25) is 4.77 Å². The molecule has 0 fully saturated rings. The van der Waals surface area contributed by atoms with E-state index in [1.807, 2.05) is 50.2 Å². The highest BCUT2D eigenvalue weighted by molar-refractivity contribution is 7.71. The number of H-pyrrole nitrogens is 1. The molecule has 1 heterocycles. The summed E-state index contributed by atoms with van der Waals surface area (Å²) in [5.74, 6) is 2.17. The second-order valence-electron chi connectivity index (χ2n) is 6.03. The van der Waals surface area contributed by atoms with Crippen molar-refractivity contribution in [3.05, 3.63) is 69.8 Å². The van der Waals surface area contributed by atoms with Crippen LogP contribution in [0.15, 0.2) is 47.6 Å². The summed E-state index contributed by atoms with van der Waals surface area (Å²) in [7, 11) is 0. The van der Waals surface area contributed by atoms with E-state index in [0.29, 0.717) is 17.2 Å². The normalized spacial score (nSPS) is 11.1. The van der Waals surface area contributed by atoms with Crippen molar-refractivity contribution < 1.29 is 9.47 Å². The van der Waals surface area contributed by atoms with E-state index in [4.69, 9.17) is 21.7 Å². The van der Waals surface area contributed by atoms with Crippen molar-refractivity contribution >= 4 is 18.4 Å². The molecule has 3 rings (SSSR count). The molecule has 0 aliphatic carbocycles. The van der Waals surface area contributed by atoms with Crippen LogP contribution < -0.4 is 9.47 Å². The molecule has 0 bridgehead atoms. The van der Waals surface area contributed by atoms with Crippen LogP contribution in [0.3, 0.4) is 0 Å². The molecule has 140 valence electrons. The number of para-hydroxylation sites is 1. The summed E-state index contributed by atoms with van der Waals surface area (Å²) in [6, 6.07) is 13.8. The average Bonchev–Trinajstić information content (AvgIpc) is 3.00. The van der Waals surface area contributed by atoms with Gasteiger partial charge in [0.25, 0.3) is 0 Å². The second kappa shape index (κ2) is 8.64. The maximum atomic E-state index is 5.90. The second-order valence-corrected chi connectivity index (χ2v) is 6.42. The summed E-state index contributed by atoms with van der Waals surface area (Å²) in [6.45, 7) is 6.86. The summed E-state index contributed by atoms with van der Waals surface area (Å²) < 4.78 is 13.5. The fourth-order valence-corrected chi connectivity index (χ4v) is 2.83. The first-order valence-corrected chi connectivity index (χ1v) is 9.12. The Kier molecular flexibility index (Phi) is 6.03. The lowest BCUT2D eigenvalue weighted by molar-refractivity contribution is 0.288. The third-order valence-electron chi connectivity index (χ3n) is 3.94. The molecule has 27 heavy (non-hydrogen) atoms. The van der Waals surface area contributed by atoms with E-state index < -0.39 is 0 Å². The number of ether oxygens (including phenoxy) is 2. The molecule has 7 heteroatoms. The zero-order valence-corrected chi connectivity index (χ0v) is 16.4. The molecule has 6 nitrogen and oxygen atoms in total. The smallest absolute Gasteiger partial charge is 0.216 e. The number of nitrogens with one attached hydrogen (secondary N) is 1. The number of aromatic amines is 1. The van der Waals surface area contributed by atoms with Crippen molar-refractivity contribution in [3.8, 4) is 11.5 Å². The fourth-order valence-electron chi connectivity index (χ4n) is 2.63. The molecule has 1 aromatic heterocycles. The predicted octanol–water partition coefficient (Wildman–Crippen LogP) is 4.42. The van der Waals surface area contributed by atoms with E-state index >= 15 is 0 Å². The maximum Gasteiger partial charge on any atom is 0.216 e. The van der Waals surface area contributed by atoms with Crippen molar-refractivity contribution in [1.29, 1.82) is 0 Å². The Bertz CT molecular complexity index is 1010. The van der Waals surface area contributed by atoms with E-state index in [9.17, 15) is 0 Å². The Hall–Kier alpha value is -2.93. The molecule has 0 spiro atoms. The van der Waals surface area contributed by atoms with Crippen LogP contribution in [0.5, 0.6) is 11.5 Å². The van der Waals surface area contributed by atoms with Gasteiger partial charge in [0.1, 0.15) is 18.1 Å². The quantitative estimate of drug-likeness (QED) is 0.485. The van der Waals surface area contributed by atoms with Gasteiger partial charge < -0.3 is 9.47 Å². The molecule has 0 saturated heterocycles. The number of aromatic nitrogens is 3. The number of hydrogen-bond donors (Lipinski definition) is 1. The third kappa shape index (κ3) is 4.62. The Labute approximate surface area is 163 Å². The standard InChI is InChI=1S/C20H22N4O2S/c1-4-25-18-8-6-5-7-16(18)12-21-24-19(22-23-20(24)27)13-26-17-10-9-14(2)11-15(17)3/h5-12H,4,13H2,1-3H3,(H,23,27)/b21-12-. The highest BCUT2D eigenvalue weighted by Crippen LogP contribution is 2.20. The lowest BCUT2D eigenvalue weighted by Crippen LogP contribution is -2.05. The molecule has 0 amide bonds. The first-order chi connectivity index (χ1) is 13.1. The Morgan fingerprint density at radius 1 is 1.15 bits per heavy atom. The lowest BCUT2D eigenvalue weighted by atomic mass is 10.1. The summed E-state index contributed by atoms with van der Waals surface area (Å²) >= 11 is 5.29. The molecule has 0 saturated carbocycles. The van der Waals surface area contributed by atoms with Crippen LogP contribution in [-0.2, 0) is 6.61 Å². The molecular formula is C20H22N4O2S. The number of benzene rings is 2. The minimum atomic E-state index is 0.251. The number of nitrogens with zero attached hydrogens (tertiary/aromatic N) is 3. The molecule has 0 radical (unpaired) electrons. The fraction of sp³-hybridized carbons (Fsp3) is 0.250. The summed E-state index contributed by atoms with van der Waals surface area (Å²) in [6.07, 6.45) is 1.71. The van der Waals surface area contributed by atoms with Crippen molar-refractivity contribution in [3.63, 3.8) is 0 Å². The van der Waals surface area contributed by atoms with Gasteiger partial charge in [0, 0.05) is 5.56 Å². The highest BCUT2D eigenvalue weighted by Gasteiger charge is 2.08. The first kappa shape index (κ1) is 18.8. The number of rotatable bonds is 7. The van der Waals surface area contributed by atoms with Gasteiger partial charge in [-0.05, 0) is 56.8 Å². The van der Waals surface area contributed by atoms with Crippen LogP contribution >= 0.6 is 12.2 Å². The van der Waals surface area contributed by atoms with Crippen molar-refractivity contribution in [2.75, 3.05) is 6.61 Å². The zero-order chi connectivity index (χ0) is 19.2. The maximum absolute atomic E-state index is 5.90. The van der Waals surface area contributed by atoms with E-state index in [1.54, 1.807) is 10.9 Å². The van der Waals surface area contributed by atoms with Crippen molar-refractivity contribution in [2.45, 2.75) is 27.4 Å². The Morgan fingerprint density at radius 2 is 1.96 bits per heavy atom. The molecule has 3 aromatic rings. The summed E-state index contributed by atoms with van der Waals surface area (Å²) in [4.78, 5) is 0. The molecule has 0 atom stereocenters. The molecule has 0 unspecified atom stereocenters. The van der Waals surface area contributed by atoms with Gasteiger partial charge in [0.15, 0.2) is 5.82 Å². The average molecular weight is 382 g/mol. The minimum Gasteiger partial charge on any atom is -0.493 e. The van der Waals surface area contributed by atoms with E-state index in [0.717, 1.165) is 22.6 Å². The Morgan fingerprint density at radius 3 is 2.74 bits per heavy atom. The summed E-state index contributed by atoms with van der Waals surface area (Å²) in [5.41, 5.74) is 3.13. The Balaban J connectivity index is 1.80. The number of hydrogen-bond acceptors (Lipinski definition) is 5. The minimum absolute atomic E-state index is 0.251. The van der Waals surface area contributed by atoms with Gasteiger partial charge in [-0.2, -0.15) is 14.9 Å².